The summed E-state index contributed by atoms with van der Waals surface area (Å²) in [4.78, 5) is 26.1. The Bertz CT molecular complexity index is 846. The maximum Gasteiger partial charge on any atom is 0.323 e. The third-order valence-electron chi connectivity index (χ3n) is 5.97. The van der Waals surface area contributed by atoms with E-state index in [1.165, 1.54) is 0 Å². The van der Waals surface area contributed by atoms with Gasteiger partial charge in [0.25, 0.3) is 0 Å². The first kappa shape index (κ1) is 30.1. The van der Waals surface area contributed by atoms with Crippen LogP contribution in [0.2, 0.25) is 0 Å². The fourth-order valence-corrected chi connectivity index (χ4v) is 3.93. The number of hydrogen-bond donors (Lipinski definition) is 0. The molecule has 204 valence electrons. The van der Waals surface area contributed by atoms with Crippen molar-refractivity contribution in [2.75, 3.05) is 40.6 Å². The van der Waals surface area contributed by atoms with Crippen molar-refractivity contribution in [3.05, 3.63) is 59.7 Å². The molecule has 2 rings (SSSR count). The van der Waals surface area contributed by atoms with Gasteiger partial charge in [-0.1, -0.05) is 24.3 Å². The lowest BCUT2D eigenvalue weighted by atomic mass is 9.79. The van der Waals surface area contributed by atoms with Crippen molar-refractivity contribution >= 4 is 11.9 Å². The van der Waals surface area contributed by atoms with Gasteiger partial charge in [-0.3, -0.25) is 9.59 Å². The van der Waals surface area contributed by atoms with Gasteiger partial charge in [0.15, 0.2) is 5.41 Å². The van der Waals surface area contributed by atoms with Gasteiger partial charge < -0.3 is 28.4 Å². The lowest BCUT2D eigenvalue weighted by Gasteiger charge is -2.29. The molecule has 37 heavy (non-hydrogen) atoms. The fraction of sp³-hybridized carbons (Fsp3) is 0.517. The van der Waals surface area contributed by atoms with E-state index in [9.17, 15) is 9.59 Å². The lowest BCUT2D eigenvalue weighted by molar-refractivity contribution is -0.174. The Morgan fingerprint density at radius 1 is 0.649 bits per heavy atom. The Hall–Kier alpha value is -3.10. The average molecular weight is 517 g/mol. The number of benzene rings is 2. The zero-order valence-corrected chi connectivity index (χ0v) is 22.5. The fourth-order valence-electron chi connectivity index (χ4n) is 3.93. The quantitative estimate of drug-likeness (QED) is 0.153. The molecule has 0 atom stereocenters. The van der Waals surface area contributed by atoms with Crippen LogP contribution in [0.1, 0.15) is 50.7 Å². The maximum absolute atomic E-state index is 13.0. The van der Waals surface area contributed by atoms with Crippen molar-refractivity contribution in [1.82, 2.24) is 0 Å². The summed E-state index contributed by atoms with van der Waals surface area (Å²) in [5, 5.41) is 0. The van der Waals surface area contributed by atoms with Gasteiger partial charge >= 0.3 is 11.9 Å². The number of carbonyl (C=O) groups excluding carboxylic acids is 2. The third-order valence-corrected chi connectivity index (χ3v) is 5.97. The number of ether oxygens (including phenoxy) is 6. The van der Waals surface area contributed by atoms with Crippen LogP contribution in [0.3, 0.4) is 0 Å². The van der Waals surface area contributed by atoms with Gasteiger partial charge in [-0.25, -0.2) is 0 Å². The summed E-state index contributed by atoms with van der Waals surface area (Å²) in [7, 11) is 3.25. The first-order valence-corrected chi connectivity index (χ1v) is 12.7. The molecular formula is C29H40O8. The van der Waals surface area contributed by atoms with Gasteiger partial charge in [0.05, 0.1) is 40.6 Å². The summed E-state index contributed by atoms with van der Waals surface area (Å²) in [5.41, 5.74) is 0.632. The van der Waals surface area contributed by atoms with E-state index in [4.69, 9.17) is 28.4 Å². The molecule has 0 N–H and O–H groups in total. The molecule has 2 aromatic carbocycles. The van der Waals surface area contributed by atoms with Crippen LogP contribution in [0.5, 0.6) is 11.5 Å². The van der Waals surface area contributed by atoms with Crippen LogP contribution in [-0.4, -0.2) is 52.6 Å². The van der Waals surface area contributed by atoms with Crippen molar-refractivity contribution in [2.24, 2.45) is 5.41 Å². The average Bonchev–Trinajstić information content (AvgIpc) is 2.92. The van der Waals surface area contributed by atoms with Crippen molar-refractivity contribution in [3.8, 4) is 11.5 Å². The van der Waals surface area contributed by atoms with Crippen molar-refractivity contribution in [3.63, 3.8) is 0 Å². The Kier molecular flexibility index (Phi) is 13.5. The second-order valence-corrected chi connectivity index (χ2v) is 8.53. The standard InChI is InChI=1S/C29H40O8/c1-5-36-27(30)29(28(31)37-6-2,17-7-19-34-21-23-9-13-25(32-3)14-10-23)18-8-20-35-22-24-11-15-26(33-4)16-12-24/h9-16H,5-8,17-22H2,1-4H3. The zero-order valence-electron chi connectivity index (χ0n) is 22.5. The highest BCUT2D eigenvalue weighted by Gasteiger charge is 2.47. The molecule has 0 aromatic heterocycles. The highest BCUT2D eigenvalue weighted by Crippen LogP contribution is 2.34. The Morgan fingerprint density at radius 3 is 1.35 bits per heavy atom. The Balaban J connectivity index is 1.93. The van der Waals surface area contributed by atoms with Crippen LogP contribution in [0.4, 0.5) is 0 Å². The molecule has 8 heteroatoms. The smallest absolute Gasteiger partial charge is 0.323 e. The minimum atomic E-state index is -1.39. The third kappa shape index (κ3) is 9.70. The highest BCUT2D eigenvalue weighted by atomic mass is 16.6. The minimum Gasteiger partial charge on any atom is -0.497 e. The zero-order chi connectivity index (χ0) is 26.9. The predicted octanol–water partition coefficient (Wildman–Crippen LogP) is 5.11. The summed E-state index contributed by atoms with van der Waals surface area (Å²) in [5.74, 6) is 0.452. The summed E-state index contributed by atoms with van der Waals surface area (Å²) in [6.45, 7) is 5.45. The Morgan fingerprint density at radius 2 is 1.03 bits per heavy atom. The van der Waals surface area contributed by atoms with Gasteiger partial charge in [0, 0.05) is 13.2 Å². The van der Waals surface area contributed by atoms with Crippen molar-refractivity contribution in [1.29, 1.82) is 0 Å². The minimum absolute atomic E-state index is 0.182. The van der Waals surface area contributed by atoms with Gasteiger partial charge in [-0.05, 0) is 74.9 Å². The van der Waals surface area contributed by atoms with E-state index in [0.29, 0.717) is 39.3 Å². The molecule has 0 fully saturated rings. The molecule has 8 nitrogen and oxygen atoms in total. The molecule has 0 radical (unpaired) electrons. The van der Waals surface area contributed by atoms with E-state index in [2.05, 4.69) is 0 Å². The van der Waals surface area contributed by atoms with E-state index in [1.54, 1.807) is 28.1 Å². The van der Waals surface area contributed by atoms with Gasteiger partial charge in [0.2, 0.25) is 0 Å². The molecule has 0 bridgehead atoms. The maximum atomic E-state index is 13.0. The predicted molar refractivity (Wildman–Crippen MR) is 139 cm³/mol. The van der Waals surface area contributed by atoms with Crippen LogP contribution >= 0.6 is 0 Å². The summed E-state index contributed by atoms with van der Waals surface area (Å²) in [6.07, 6.45) is 1.54. The van der Waals surface area contributed by atoms with Gasteiger partial charge in [-0.15, -0.1) is 0 Å². The van der Waals surface area contributed by atoms with Gasteiger partial charge in [-0.2, -0.15) is 0 Å². The summed E-state index contributed by atoms with van der Waals surface area (Å²) < 4.78 is 32.6. The van der Waals surface area contributed by atoms with E-state index >= 15 is 0 Å². The van der Waals surface area contributed by atoms with E-state index in [0.717, 1.165) is 22.6 Å². The Labute approximate surface area is 220 Å². The molecule has 0 saturated carbocycles. The molecule has 0 aliphatic rings. The highest BCUT2D eigenvalue weighted by molar-refractivity contribution is 6.00. The van der Waals surface area contributed by atoms with Crippen LogP contribution in [0.15, 0.2) is 48.5 Å². The van der Waals surface area contributed by atoms with Gasteiger partial charge in [0.1, 0.15) is 11.5 Å². The van der Waals surface area contributed by atoms with Crippen LogP contribution in [0, 0.1) is 5.41 Å². The SMILES string of the molecule is CCOC(=O)C(CCCOCc1ccc(OC)cc1)(CCCOCc1ccc(OC)cc1)C(=O)OCC. The summed E-state index contributed by atoms with van der Waals surface area (Å²) in [6, 6.07) is 15.3. The largest absolute Gasteiger partial charge is 0.497 e. The summed E-state index contributed by atoms with van der Waals surface area (Å²) >= 11 is 0. The van der Waals surface area contributed by atoms with E-state index in [1.807, 2.05) is 48.5 Å². The first-order valence-electron chi connectivity index (χ1n) is 12.7. The van der Waals surface area contributed by atoms with Crippen LogP contribution < -0.4 is 9.47 Å². The normalized spacial score (nSPS) is 11.1. The monoisotopic (exact) mass is 516 g/mol. The second-order valence-electron chi connectivity index (χ2n) is 8.53. The van der Waals surface area contributed by atoms with Crippen molar-refractivity contribution < 1.29 is 38.0 Å². The number of esters is 2. The molecule has 0 aliphatic heterocycles. The first-order chi connectivity index (χ1) is 18.0. The molecule has 0 heterocycles. The molecule has 0 unspecified atom stereocenters. The molecular weight excluding hydrogens is 476 g/mol. The molecule has 0 spiro atoms. The number of rotatable bonds is 18. The number of methoxy groups -OCH3 is 2. The van der Waals surface area contributed by atoms with E-state index in [-0.39, 0.29) is 26.1 Å². The molecule has 2 aromatic rings. The van der Waals surface area contributed by atoms with Crippen molar-refractivity contribution in [2.45, 2.75) is 52.7 Å². The molecule has 0 amide bonds. The molecule has 0 saturated heterocycles. The van der Waals surface area contributed by atoms with Crippen LogP contribution in [-0.2, 0) is 41.8 Å². The van der Waals surface area contributed by atoms with E-state index < -0.39 is 17.4 Å². The number of carbonyl (C=O) groups is 2. The second kappa shape index (κ2) is 16.6. The topological polar surface area (TPSA) is 89.5 Å². The molecule has 0 aliphatic carbocycles. The number of hydrogen-bond acceptors (Lipinski definition) is 8. The lowest BCUT2D eigenvalue weighted by Crippen LogP contribution is -2.42. The van der Waals surface area contributed by atoms with Crippen LogP contribution in [0.25, 0.3) is 0 Å².